The summed E-state index contributed by atoms with van der Waals surface area (Å²) in [5.74, 6) is 6.13. The van der Waals surface area contributed by atoms with E-state index in [0.29, 0.717) is 5.92 Å². The molecule has 1 aromatic rings. The summed E-state index contributed by atoms with van der Waals surface area (Å²) in [5.41, 5.74) is 2.18. The molecule has 3 N–H and O–H groups in total. The Bertz CT molecular complexity index is 359. The van der Waals surface area contributed by atoms with Crippen molar-refractivity contribution in [1.29, 1.82) is 0 Å². The number of rotatable bonds is 4. The number of hydrogen-bond donors (Lipinski definition) is 2. The minimum Gasteiger partial charge on any atom is -0.331 e. The first-order valence-corrected chi connectivity index (χ1v) is 5.52. The van der Waals surface area contributed by atoms with Gasteiger partial charge in [0, 0.05) is 24.4 Å². The average Bonchev–Trinajstić information content (AvgIpc) is 2.74. The minimum atomic E-state index is -0.184. The van der Waals surface area contributed by atoms with Crippen LogP contribution < -0.4 is 11.3 Å². The highest BCUT2D eigenvalue weighted by Crippen LogP contribution is 2.22. The Morgan fingerprint density at radius 2 is 2.06 bits per heavy atom. The van der Waals surface area contributed by atoms with Crippen LogP contribution in [0, 0.1) is 5.92 Å². The van der Waals surface area contributed by atoms with E-state index in [4.69, 9.17) is 5.84 Å². The van der Waals surface area contributed by atoms with Crippen LogP contribution in [0.25, 0.3) is 0 Å². The first-order chi connectivity index (χ1) is 7.49. The molecule has 5 nitrogen and oxygen atoms in total. The molecule has 0 aromatic carbocycles. The van der Waals surface area contributed by atoms with Crippen LogP contribution in [0.15, 0.2) is 12.4 Å². The van der Waals surface area contributed by atoms with Crippen molar-refractivity contribution in [2.75, 3.05) is 0 Å². The van der Waals surface area contributed by atoms with Crippen LogP contribution in [-0.2, 0) is 4.79 Å². The summed E-state index contributed by atoms with van der Waals surface area (Å²) >= 11 is 0. The molecule has 1 aromatic heterocycles. The second-order valence-electron chi connectivity index (χ2n) is 4.39. The molecule has 0 spiro atoms. The van der Waals surface area contributed by atoms with Crippen LogP contribution in [0.5, 0.6) is 0 Å². The van der Waals surface area contributed by atoms with Gasteiger partial charge in [-0.3, -0.25) is 10.2 Å². The molecule has 2 unspecified atom stereocenters. The lowest BCUT2D eigenvalue weighted by atomic mass is 10.0. The summed E-state index contributed by atoms with van der Waals surface area (Å²) in [4.78, 5) is 15.8. The largest absolute Gasteiger partial charge is 0.331 e. The SMILES string of the molecule is CC(C)c1nccn1C(C)C(C)C(=O)NN. The first kappa shape index (κ1) is 12.7. The fraction of sp³-hybridized carbons (Fsp3) is 0.636. The Hall–Kier alpha value is -1.36. The molecular weight excluding hydrogens is 204 g/mol. The van der Waals surface area contributed by atoms with Crippen molar-refractivity contribution >= 4 is 5.91 Å². The molecule has 0 aliphatic rings. The van der Waals surface area contributed by atoms with Crippen molar-refractivity contribution in [3.05, 3.63) is 18.2 Å². The molecular formula is C11H20N4O. The smallest absolute Gasteiger partial charge is 0.238 e. The zero-order valence-corrected chi connectivity index (χ0v) is 10.3. The summed E-state index contributed by atoms with van der Waals surface area (Å²) in [7, 11) is 0. The molecule has 1 rings (SSSR count). The van der Waals surface area contributed by atoms with E-state index in [1.54, 1.807) is 6.20 Å². The normalized spacial score (nSPS) is 14.9. The zero-order valence-electron chi connectivity index (χ0n) is 10.3. The quantitative estimate of drug-likeness (QED) is 0.458. The lowest BCUT2D eigenvalue weighted by molar-refractivity contribution is -0.125. The number of nitrogens with zero attached hydrogens (tertiary/aromatic N) is 2. The molecule has 0 aliphatic carbocycles. The molecule has 0 bridgehead atoms. The van der Waals surface area contributed by atoms with Crippen molar-refractivity contribution in [2.24, 2.45) is 11.8 Å². The standard InChI is InChI=1S/C11H20N4O/c1-7(2)10-13-5-6-15(10)9(4)8(3)11(16)14-12/h5-9H,12H2,1-4H3,(H,14,16). The first-order valence-electron chi connectivity index (χ1n) is 5.52. The summed E-state index contributed by atoms with van der Waals surface area (Å²) in [6.45, 7) is 8.02. The fourth-order valence-corrected chi connectivity index (χ4v) is 1.71. The summed E-state index contributed by atoms with van der Waals surface area (Å²) in [5, 5.41) is 0. The van der Waals surface area contributed by atoms with Crippen molar-refractivity contribution in [1.82, 2.24) is 15.0 Å². The molecule has 0 saturated carbocycles. The number of carbonyl (C=O) groups is 1. The number of imidazole rings is 1. The maximum Gasteiger partial charge on any atom is 0.238 e. The molecule has 90 valence electrons. The monoisotopic (exact) mass is 224 g/mol. The molecule has 1 heterocycles. The van der Waals surface area contributed by atoms with Crippen molar-refractivity contribution in [2.45, 2.75) is 39.7 Å². The predicted molar refractivity (Wildman–Crippen MR) is 62.5 cm³/mol. The Labute approximate surface area is 96.0 Å². The molecule has 5 heteroatoms. The van der Waals surface area contributed by atoms with Crippen LogP contribution in [-0.4, -0.2) is 15.5 Å². The number of hydrogen-bond acceptors (Lipinski definition) is 3. The lowest BCUT2D eigenvalue weighted by Gasteiger charge is -2.22. The van der Waals surface area contributed by atoms with E-state index < -0.39 is 0 Å². The number of nitrogens with two attached hydrogens (primary N) is 1. The number of aromatic nitrogens is 2. The third-order valence-corrected chi connectivity index (χ3v) is 2.93. The van der Waals surface area contributed by atoms with Crippen LogP contribution in [0.3, 0.4) is 0 Å². The number of carbonyl (C=O) groups excluding carboxylic acids is 1. The fourth-order valence-electron chi connectivity index (χ4n) is 1.71. The Balaban J connectivity index is 2.91. The average molecular weight is 224 g/mol. The van der Waals surface area contributed by atoms with Gasteiger partial charge >= 0.3 is 0 Å². The summed E-state index contributed by atoms with van der Waals surface area (Å²) in [6.07, 6.45) is 3.67. The highest BCUT2D eigenvalue weighted by molar-refractivity contribution is 5.78. The van der Waals surface area contributed by atoms with Crippen LogP contribution >= 0.6 is 0 Å². The maximum absolute atomic E-state index is 11.5. The second kappa shape index (κ2) is 5.12. The third-order valence-electron chi connectivity index (χ3n) is 2.93. The molecule has 0 saturated heterocycles. The minimum absolute atomic E-state index is 0.0449. The van der Waals surface area contributed by atoms with Crippen molar-refractivity contribution in [3.8, 4) is 0 Å². The van der Waals surface area contributed by atoms with Gasteiger partial charge in [0.25, 0.3) is 0 Å². The van der Waals surface area contributed by atoms with E-state index in [1.807, 2.05) is 24.6 Å². The van der Waals surface area contributed by atoms with Gasteiger partial charge in [0.2, 0.25) is 5.91 Å². The second-order valence-corrected chi connectivity index (χ2v) is 4.39. The maximum atomic E-state index is 11.5. The van der Waals surface area contributed by atoms with E-state index in [0.717, 1.165) is 5.82 Å². The molecule has 1 amide bonds. The summed E-state index contributed by atoms with van der Waals surface area (Å²) < 4.78 is 2.03. The van der Waals surface area contributed by atoms with Gasteiger partial charge in [-0.2, -0.15) is 0 Å². The van der Waals surface area contributed by atoms with Gasteiger partial charge in [0.05, 0.1) is 5.92 Å². The van der Waals surface area contributed by atoms with E-state index >= 15 is 0 Å². The molecule has 16 heavy (non-hydrogen) atoms. The predicted octanol–water partition coefficient (Wildman–Crippen LogP) is 1.19. The van der Waals surface area contributed by atoms with Crippen LogP contribution in [0.2, 0.25) is 0 Å². The van der Waals surface area contributed by atoms with Crippen LogP contribution in [0.4, 0.5) is 0 Å². The molecule has 0 radical (unpaired) electrons. The third kappa shape index (κ3) is 2.41. The Morgan fingerprint density at radius 1 is 1.44 bits per heavy atom. The van der Waals surface area contributed by atoms with E-state index in [2.05, 4.69) is 24.3 Å². The summed E-state index contributed by atoms with van der Waals surface area (Å²) in [6, 6.07) is 0.0449. The van der Waals surface area contributed by atoms with Crippen molar-refractivity contribution < 1.29 is 4.79 Å². The Morgan fingerprint density at radius 3 is 2.56 bits per heavy atom. The molecule has 2 atom stereocenters. The topological polar surface area (TPSA) is 72.9 Å². The molecule has 0 fully saturated rings. The van der Waals surface area contributed by atoms with Gasteiger partial charge in [0.1, 0.15) is 5.82 Å². The number of hydrazine groups is 1. The molecule has 0 aliphatic heterocycles. The highest BCUT2D eigenvalue weighted by Gasteiger charge is 2.23. The number of nitrogens with one attached hydrogen (secondary N) is 1. The van der Waals surface area contributed by atoms with Gasteiger partial charge in [-0.25, -0.2) is 10.8 Å². The van der Waals surface area contributed by atoms with E-state index in [-0.39, 0.29) is 17.9 Å². The Kier molecular flexibility index (Phi) is 4.06. The van der Waals surface area contributed by atoms with E-state index in [1.165, 1.54) is 0 Å². The lowest BCUT2D eigenvalue weighted by Crippen LogP contribution is -2.38. The van der Waals surface area contributed by atoms with Crippen LogP contribution in [0.1, 0.15) is 45.5 Å². The van der Waals surface area contributed by atoms with Gasteiger partial charge in [-0.1, -0.05) is 20.8 Å². The highest BCUT2D eigenvalue weighted by atomic mass is 16.2. The van der Waals surface area contributed by atoms with Crippen molar-refractivity contribution in [3.63, 3.8) is 0 Å². The van der Waals surface area contributed by atoms with Gasteiger partial charge in [-0.15, -0.1) is 0 Å². The number of amides is 1. The van der Waals surface area contributed by atoms with Gasteiger partial charge in [-0.05, 0) is 6.92 Å². The zero-order chi connectivity index (χ0) is 12.3. The van der Waals surface area contributed by atoms with E-state index in [9.17, 15) is 4.79 Å². The van der Waals surface area contributed by atoms with Gasteiger partial charge < -0.3 is 4.57 Å². The van der Waals surface area contributed by atoms with Gasteiger partial charge in [0.15, 0.2) is 0 Å².